The Morgan fingerprint density at radius 1 is 1.40 bits per heavy atom. The van der Waals surface area contributed by atoms with Gasteiger partial charge in [-0.1, -0.05) is 23.7 Å². The molecule has 20 heavy (non-hydrogen) atoms. The first-order valence-electron chi connectivity index (χ1n) is 6.45. The largest absolute Gasteiger partial charge is 0.329 e. The van der Waals surface area contributed by atoms with Gasteiger partial charge < -0.3 is 5.73 Å². The molecule has 5 heteroatoms. The molecule has 0 saturated carbocycles. The molecule has 0 aliphatic rings. The minimum Gasteiger partial charge on any atom is -0.329 e. The number of nitrogens with zero attached hydrogens (tertiary/aromatic N) is 1. The Bertz CT molecular complexity index is 559. The first kappa shape index (κ1) is 16.0. The fourth-order valence-electron chi connectivity index (χ4n) is 2.26. The highest BCUT2D eigenvalue weighted by atomic mass is 79.9. The third-order valence-electron chi connectivity index (χ3n) is 3.61. The highest BCUT2D eigenvalue weighted by Crippen LogP contribution is 2.33. The molecule has 0 aliphatic heterocycles. The van der Waals surface area contributed by atoms with Crippen LogP contribution in [-0.2, 0) is 0 Å². The Hall–Kier alpha value is -0.390. The van der Waals surface area contributed by atoms with Crippen molar-refractivity contribution < 1.29 is 0 Å². The molecule has 0 radical (unpaired) electrons. The van der Waals surface area contributed by atoms with E-state index in [4.69, 9.17) is 17.3 Å². The fraction of sp³-hybridized carbons (Fsp3) is 0.333. The van der Waals surface area contributed by atoms with E-state index in [1.165, 1.54) is 10.4 Å². The van der Waals surface area contributed by atoms with Crippen LogP contribution in [0.4, 0.5) is 0 Å². The maximum absolute atomic E-state index is 6.06. The molecule has 0 spiro atoms. The van der Waals surface area contributed by atoms with Crippen molar-refractivity contribution in [1.82, 2.24) is 4.90 Å². The zero-order valence-corrected chi connectivity index (χ0v) is 14.7. The van der Waals surface area contributed by atoms with E-state index in [2.05, 4.69) is 58.4 Å². The minimum atomic E-state index is 0.167. The van der Waals surface area contributed by atoms with Crippen LogP contribution in [0.1, 0.15) is 29.4 Å². The first-order valence-corrected chi connectivity index (χ1v) is 8.50. The average molecular weight is 374 g/mol. The summed E-state index contributed by atoms with van der Waals surface area (Å²) in [5.41, 5.74) is 7.17. The smallest absolute Gasteiger partial charge is 0.0548 e. The lowest BCUT2D eigenvalue weighted by Crippen LogP contribution is -2.32. The monoisotopic (exact) mass is 372 g/mol. The van der Waals surface area contributed by atoms with Crippen LogP contribution in [0.2, 0.25) is 5.02 Å². The highest BCUT2D eigenvalue weighted by molar-refractivity contribution is 9.10. The van der Waals surface area contributed by atoms with Gasteiger partial charge in [-0.25, -0.2) is 0 Å². The van der Waals surface area contributed by atoms with Crippen LogP contribution in [-0.4, -0.2) is 18.5 Å². The summed E-state index contributed by atoms with van der Waals surface area (Å²) in [7, 11) is 2.12. The van der Waals surface area contributed by atoms with Crippen molar-refractivity contribution >= 4 is 38.9 Å². The second-order valence-electron chi connectivity index (χ2n) is 4.78. The number of benzene rings is 1. The molecule has 108 valence electrons. The number of thiophene rings is 1. The van der Waals surface area contributed by atoms with E-state index in [0.29, 0.717) is 12.6 Å². The Morgan fingerprint density at radius 3 is 2.70 bits per heavy atom. The number of rotatable bonds is 5. The molecular weight excluding hydrogens is 356 g/mol. The van der Waals surface area contributed by atoms with Gasteiger partial charge in [0.05, 0.1) is 5.02 Å². The first-order chi connectivity index (χ1) is 9.54. The van der Waals surface area contributed by atoms with Gasteiger partial charge in [0.2, 0.25) is 0 Å². The molecule has 2 N–H and O–H groups in total. The summed E-state index contributed by atoms with van der Waals surface area (Å²) in [6.45, 7) is 2.78. The van der Waals surface area contributed by atoms with Gasteiger partial charge in [-0.2, -0.15) is 0 Å². The Morgan fingerprint density at radius 2 is 2.15 bits per heavy atom. The van der Waals surface area contributed by atoms with Gasteiger partial charge in [0.25, 0.3) is 0 Å². The van der Waals surface area contributed by atoms with Crippen LogP contribution in [0.3, 0.4) is 0 Å². The van der Waals surface area contributed by atoms with E-state index in [0.717, 1.165) is 9.50 Å². The third-order valence-corrected chi connectivity index (χ3v) is 5.87. The van der Waals surface area contributed by atoms with Gasteiger partial charge in [0, 0.05) is 28.0 Å². The van der Waals surface area contributed by atoms with E-state index >= 15 is 0 Å². The van der Waals surface area contributed by atoms with Crippen molar-refractivity contribution in [3.05, 3.63) is 55.6 Å². The predicted octanol–water partition coefficient (Wildman–Crippen LogP) is 4.86. The molecule has 0 amide bonds. The van der Waals surface area contributed by atoms with Crippen molar-refractivity contribution in [2.45, 2.75) is 19.0 Å². The molecule has 1 aromatic heterocycles. The summed E-state index contributed by atoms with van der Waals surface area (Å²) in [6.07, 6.45) is 0. The van der Waals surface area contributed by atoms with Crippen LogP contribution >= 0.6 is 38.9 Å². The zero-order chi connectivity index (χ0) is 14.7. The lowest BCUT2D eigenvalue weighted by atomic mass is 10.0. The molecule has 2 nitrogen and oxygen atoms in total. The second-order valence-corrected chi connectivity index (χ2v) is 7.02. The Kier molecular flexibility index (Phi) is 5.64. The number of hydrogen-bond donors (Lipinski definition) is 1. The summed E-state index contributed by atoms with van der Waals surface area (Å²) >= 11 is 11.3. The normalized spacial score (nSPS) is 14.5. The molecule has 2 rings (SSSR count). The van der Waals surface area contributed by atoms with Crippen molar-refractivity contribution in [2.75, 3.05) is 13.6 Å². The number of hydrogen-bond acceptors (Lipinski definition) is 3. The zero-order valence-electron chi connectivity index (χ0n) is 11.5. The lowest BCUT2D eigenvalue weighted by Gasteiger charge is -2.32. The number of likely N-dealkylation sites (N-methyl/N-ethyl adjacent to an activating group) is 1. The van der Waals surface area contributed by atoms with Crippen LogP contribution in [0, 0.1) is 0 Å². The van der Waals surface area contributed by atoms with Gasteiger partial charge in [-0.3, -0.25) is 4.90 Å². The topological polar surface area (TPSA) is 29.3 Å². The van der Waals surface area contributed by atoms with Gasteiger partial charge >= 0.3 is 0 Å². The summed E-state index contributed by atoms with van der Waals surface area (Å²) in [5, 5.41) is 2.83. The maximum atomic E-state index is 6.06. The molecular formula is C15H18BrClN2S. The van der Waals surface area contributed by atoms with E-state index < -0.39 is 0 Å². The number of halogens is 2. The van der Waals surface area contributed by atoms with Gasteiger partial charge in [0.15, 0.2) is 0 Å². The van der Waals surface area contributed by atoms with E-state index in [9.17, 15) is 0 Å². The van der Waals surface area contributed by atoms with Crippen LogP contribution in [0.25, 0.3) is 0 Å². The fourth-order valence-corrected chi connectivity index (χ4v) is 3.61. The van der Waals surface area contributed by atoms with Crippen LogP contribution < -0.4 is 5.73 Å². The van der Waals surface area contributed by atoms with Crippen molar-refractivity contribution in [3.63, 3.8) is 0 Å². The second kappa shape index (κ2) is 7.05. The molecule has 0 fully saturated rings. The van der Waals surface area contributed by atoms with Crippen LogP contribution in [0.15, 0.2) is 40.2 Å². The van der Waals surface area contributed by atoms with E-state index in [1.807, 2.05) is 12.1 Å². The summed E-state index contributed by atoms with van der Waals surface area (Å²) in [4.78, 5) is 3.65. The summed E-state index contributed by atoms with van der Waals surface area (Å²) in [6, 6.07) is 10.8. The molecule has 2 unspecified atom stereocenters. The molecule has 0 bridgehead atoms. The average Bonchev–Trinajstić information content (AvgIpc) is 2.96. The molecule has 2 aromatic rings. The van der Waals surface area contributed by atoms with Crippen molar-refractivity contribution in [1.29, 1.82) is 0 Å². The SMILES string of the molecule is CC(c1cccs1)N(C)C(CN)c1ccc(Cl)c(Br)c1. The number of nitrogens with two attached hydrogens (primary N) is 1. The minimum absolute atomic E-state index is 0.167. The summed E-state index contributed by atoms with van der Waals surface area (Å²) < 4.78 is 0.910. The summed E-state index contributed by atoms with van der Waals surface area (Å²) in [5.74, 6) is 0. The van der Waals surface area contributed by atoms with Crippen molar-refractivity contribution in [3.8, 4) is 0 Å². The van der Waals surface area contributed by atoms with Gasteiger partial charge in [-0.05, 0) is 59.0 Å². The molecule has 0 aliphatic carbocycles. The van der Waals surface area contributed by atoms with Crippen molar-refractivity contribution in [2.24, 2.45) is 5.73 Å². The Balaban J connectivity index is 2.24. The van der Waals surface area contributed by atoms with E-state index in [-0.39, 0.29) is 6.04 Å². The lowest BCUT2D eigenvalue weighted by molar-refractivity contribution is 0.193. The molecule has 0 saturated heterocycles. The van der Waals surface area contributed by atoms with Gasteiger partial charge in [-0.15, -0.1) is 11.3 Å². The Labute approximate surface area is 137 Å². The van der Waals surface area contributed by atoms with Gasteiger partial charge in [0.1, 0.15) is 0 Å². The van der Waals surface area contributed by atoms with E-state index in [1.54, 1.807) is 11.3 Å². The third kappa shape index (κ3) is 3.43. The molecule has 1 aromatic carbocycles. The van der Waals surface area contributed by atoms with Crippen LogP contribution in [0.5, 0.6) is 0 Å². The highest BCUT2D eigenvalue weighted by Gasteiger charge is 2.22. The maximum Gasteiger partial charge on any atom is 0.0548 e. The quantitative estimate of drug-likeness (QED) is 0.811. The predicted molar refractivity (Wildman–Crippen MR) is 91.4 cm³/mol. The standard InChI is InChI=1S/C15H18BrClN2S/c1-10(15-4-3-7-20-15)19(2)14(9-18)11-5-6-13(17)12(16)8-11/h3-8,10,14H,9,18H2,1-2H3. The molecule has 2 atom stereocenters. The molecule has 1 heterocycles.